The molecule has 1 nitrogen and oxygen atoms in total. The summed E-state index contributed by atoms with van der Waals surface area (Å²) in [5, 5.41) is 0. The molecule has 0 aromatic heterocycles. The number of rotatable bonds is 0. The summed E-state index contributed by atoms with van der Waals surface area (Å²) in [6.45, 7) is 0. The molecule has 0 atom stereocenters. The van der Waals surface area contributed by atoms with E-state index in [0.29, 0.717) is 0 Å². The Morgan fingerprint density at radius 3 is 3.10 bits per heavy atom. The second-order valence-corrected chi connectivity index (χ2v) is 3.92. The highest BCUT2D eigenvalue weighted by molar-refractivity contribution is 8.03. The lowest BCUT2D eigenvalue weighted by molar-refractivity contribution is 0.857. The van der Waals surface area contributed by atoms with Crippen molar-refractivity contribution in [3.05, 3.63) is 22.3 Å². The molecule has 2 rings (SSSR count). The topological polar surface area (TPSA) is 26.0 Å². The first-order valence-electron chi connectivity index (χ1n) is 3.67. The molecule has 1 aliphatic heterocycles. The van der Waals surface area contributed by atoms with E-state index in [2.05, 4.69) is 6.08 Å². The van der Waals surface area contributed by atoms with Crippen LogP contribution in [0.25, 0.3) is 0 Å². The molecule has 0 fully saturated rings. The van der Waals surface area contributed by atoms with Crippen LogP contribution in [0.1, 0.15) is 19.3 Å². The largest absolute Gasteiger partial charge is 0.402 e. The molecule has 0 spiro atoms. The zero-order valence-electron chi connectivity index (χ0n) is 5.89. The van der Waals surface area contributed by atoms with Gasteiger partial charge in [0.2, 0.25) is 0 Å². The molecule has 0 aromatic carbocycles. The van der Waals surface area contributed by atoms with Gasteiger partial charge in [-0.1, -0.05) is 5.57 Å². The fraction of sp³-hybridized carbons (Fsp3) is 0.500. The molecule has 2 heteroatoms. The van der Waals surface area contributed by atoms with Crippen molar-refractivity contribution in [3.8, 4) is 0 Å². The van der Waals surface area contributed by atoms with Gasteiger partial charge in [0.15, 0.2) is 0 Å². The molecule has 2 aliphatic rings. The molecule has 10 heavy (non-hydrogen) atoms. The molecule has 0 bridgehead atoms. The minimum atomic E-state index is 1.06. The molecule has 2 N–H and O–H groups in total. The Morgan fingerprint density at radius 2 is 2.20 bits per heavy atom. The lowest BCUT2D eigenvalue weighted by Crippen LogP contribution is -2.02. The fourth-order valence-corrected chi connectivity index (χ4v) is 2.65. The molecule has 0 amide bonds. The average molecular weight is 153 g/mol. The Balaban J connectivity index is 2.29. The number of hydrogen-bond acceptors (Lipinski definition) is 2. The fourth-order valence-electron chi connectivity index (χ4n) is 1.44. The van der Waals surface area contributed by atoms with E-state index in [1.807, 2.05) is 11.8 Å². The van der Waals surface area contributed by atoms with Crippen LogP contribution in [0.2, 0.25) is 0 Å². The monoisotopic (exact) mass is 153 g/mol. The maximum atomic E-state index is 5.70. The van der Waals surface area contributed by atoms with Gasteiger partial charge < -0.3 is 5.73 Å². The van der Waals surface area contributed by atoms with E-state index in [4.69, 9.17) is 5.73 Å². The molecule has 0 saturated carbocycles. The van der Waals surface area contributed by atoms with Crippen LogP contribution in [0.3, 0.4) is 0 Å². The lowest BCUT2D eigenvalue weighted by Gasteiger charge is -2.10. The van der Waals surface area contributed by atoms with E-state index in [1.54, 1.807) is 5.57 Å². The number of hydrogen-bond donors (Lipinski definition) is 1. The molecule has 0 radical (unpaired) electrons. The molecule has 0 unspecified atom stereocenters. The number of thioether (sulfide) groups is 1. The third-order valence-electron chi connectivity index (χ3n) is 2.04. The number of allylic oxidation sites excluding steroid dienone is 3. The first-order valence-corrected chi connectivity index (χ1v) is 4.66. The minimum Gasteiger partial charge on any atom is -0.402 e. The predicted octanol–water partition coefficient (Wildman–Crippen LogP) is 2.01. The average Bonchev–Trinajstić information content (AvgIpc) is 2.33. The Bertz CT molecular complexity index is 215. The first-order chi connectivity index (χ1) is 4.86. The maximum absolute atomic E-state index is 5.70. The van der Waals surface area contributed by atoms with Crippen LogP contribution in [-0.4, -0.2) is 5.75 Å². The van der Waals surface area contributed by atoms with E-state index in [1.165, 1.54) is 23.5 Å². The van der Waals surface area contributed by atoms with Crippen molar-refractivity contribution in [2.45, 2.75) is 19.3 Å². The summed E-state index contributed by atoms with van der Waals surface area (Å²) >= 11 is 1.95. The first kappa shape index (κ1) is 6.35. The van der Waals surface area contributed by atoms with Crippen molar-refractivity contribution < 1.29 is 0 Å². The van der Waals surface area contributed by atoms with Crippen molar-refractivity contribution in [2.75, 3.05) is 5.75 Å². The van der Waals surface area contributed by atoms with Crippen molar-refractivity contribution in [2.24, 2.45) is 5.73 Å². The van der Waals surface area contributed by atoms with Crippen LogP contribution < -0.4 is 5.73 Å². The van der Waals surface area contributed by atoms with Crippen LogP contribution in [-0.2, 0) is 0 Å². The van der Waals surface area contributed by atoms with Crippen molar-refractivity contribution in [1.82, 2.24) is 0 Å². The molecular formula is C8H11NS. The van der Waals surface area contributed by atoms with E-state index >= 15 is 0 Å². The van der Waals surface area contributed by atoms with Gasteiger partial charge in [-0.15, -0.1) is 11.8 Å². The van der Waals surface area contributed by atoms with Crippen molar-refractivity contribution >= 4 is 11.8 Å². The second-order valence-electron chi connectivity index (χ2n) is 2.79. The van der Waals surface area contributed by atoms with Gasteiger partial charge >= 0.3 is 0 Å². The lowest BCUT2D eigenvalue weighted by atomic mass is 10.0. The standard InChI is InChI=1S/C8H11NS/c9-7-2-1-6-3-4-10-8(6)5-7/h5H,1-4,9H2. The highest BCUT2D eigenvalue weighted by atomic mass is 32.2. The molecule has 0 aromatic rings. The van der Waals surface area contributed by atoms with E-state index in [9.17, 15) is 0 Å². The van der Waals surface area contributed by atoms with E-state index in [-0.39, 0.29) is 0 Å². The predicted molar refractivity (Wildman–Crippen MR) is 45.6 cm³/mol. The zero-order chi connectivity index (χ0) is 6.97. The zero-order valence-corrected chi connectivity index (χ0v) is 6.71. The van der Waals surface area contributed by atoms with E-state index < -0.39 is 0 Å². The highest BCUT2D eigenvalue weighted by Gasteiger charge is 2.16. The Hall–Kier alpha value is -0.370. The molecular weight excluding hydrogens is 142 g/mol. The van der Waals surface area contributed by atoms with Crippen LogP contribution in [0.5, 0.6) is 0 Å². The summed E-state index contributed by atoms with van der Waals surface area (Å²) in [7, 11) is 0. The minimum absolute atomic E-state index is 1.06. The summed E-state index contributed by atoms with van der Waals surface area (Å²) in [6, 6.07) is 0. The van der Waals surface area contributed by atoms with Crippen LogP contribution in [0, 0.1) is 0 Å². The summed E-state index contributed by atoms with van der Waals surface area (Å²) in [5.74, 6) is 1.27. The van der Waals surface area contributed by atoms with Crippen molar-refractivity contribution in [3.63, 3.8) is 0 Å². The van der Waals surface area contributed by atoms with Gasteiger partial charge in [0.25, 0.3) is 0 Å². The van der Waals surface area contributed by atoms with Gasteiger partial charge in [0, 0.05) is 16.4 Å². The van der Waals surface area contributed by atoms with Gasteiger partial charge in [0.1, 0.15) is 0 Å². The van der Waals surface area contributed by atoms with Crippen LogP contribution in [0.15, 0.2) is 22.3 Å². The normalized spacial score (nSPS) is 24.6. The Kier molecular flexibility index (Phi) is 1.49. The number of nitrogens with two attached hydrogens (primary N) is 1. The molecule has 54 valence electrons. The second kappa shape index (κ2) is 2.35. The summed E-state index contributed by atoms with van der Waals surface area (Å²) < 4.78 is 0. The Labute approximate surface area is 65.4 Å². The third-order valence-corrected chi connectivity index (χ3v) is 3.17. The third kappa shape index (κ3) is 0.966. The van der Waals surface area contributed by atoms with Gasteiger partial charge in [-0.05, 0) is 25.3 Å². The molecule has 1 aliphatic carbocycles. The van der Waals surface area contributed by atoms with Crippen molar-refractivity contribution in [1.29, 1.82) is 0 Å². The summed E-state index contributed by atoms with van der Waals surface area (Å²) in [5.41, 5.74) is 8.41. The molecule has 0 saturated heterocycles. The van der Waals surface area contributed by atoms with Crippen LogP contribution >= 0.6 is 11.8 Å². The summed E-state index contributed by atoms with van der Waals surface area (Å²) in [4.78, 5) is 1.46. The Morgan fingerprint density at radius 1 is 1.30 bits per heavy atom. The van der Waals surface area contributed by atoms with E-state index in [0.717, 1.165) is 12.1 Å². The quantitative estimate of drug-likeness (QED) is 0.576. The van der Waals surface area contributed by atoms with Gasteiger partial charge in [-0.2, -0.15) is 0 Å². The maximum Gasteiger partial charge on any atom is 0.00948 e. The van der Waals surface area contributed by atoms with Gasteiger partial charge in [-0.25, -0.2) is 0 Å². The van der Waals surface area contributed by atoms with Gasteiger partial charge in [-0.3, -0.25) is 0 Å². The SMILES string of the molecule is NC1=CC2=C(CCS2)CC1. The van der Waals surface area contributed by atoms with Crippen LogP contribution in [0.4, 0.5) is 0 Å². The summed E-state index contributed by atoms with van der Waals surface area (Å²) in [6.07, 6.45) is 5.74. The molecule has 1 heterocycles. The smallest absolute Gasteiger partial charge is 0.00948 e. The van der Waals surface area contributed by atoms with Gasteiger partial charge in [0.05, 0.1) is 0 Å². The highest BCUT2D eigenvalue weighted by Crippen LogP contribution is 2.38.